The van der Waals surface area contributed by atoms with E-state index in [0.29, 0.717) is 11.3 Å². The molecule has 3 aromatic carbocycles. The lowest BCUT2D eigenvalue weighted by Gasteiger charge is -2.14. The second kappa shape index (κ2) is 8.49. The lowest BCUT2D eigenvalue weighted by Crippen LogP contribution is -2.08. The highest BCUT2D eigenvalue weighted by molar-refractivity contribution is 7.90. The van der Waals surface area contributed by atoms with E-state index in [2.05, 4.69) is 4.98 Å². The Bertz CT molecular complexity index is 1410. The summed E-state index contributed by atoms with van der Waals surface area (Å²) in [5.41, 5.74) is 1.27. The van der Waals surface area contributed by atoms with Gasteiger partial charge in [-0.05, 0) is 41.5 Å². The molecule has 33 heavy (non-hydrogen) atoms. The number of sulfone groups is 1. The van der Waals surface area contributed by atoms with Crippen molar-refractivity contribution in [1.29, 1.82) is 0 Å². The molecule has 0 aliphatic rings. The third kappa shape index (κ3) is 4.69. The fourth-order valence-corrected chi connectivity index (χ4v) is 4.20. The third-order valence-electron chi connectivity index (χ3n) is 5.13. The van der Waals surface area contributed by atoms with E-state index in [9.17, 15) is 26.7 Å². The molecule has 0 atom stereocenters. The van der Waals surface area contributed by atoms with Crippen LogP contribution >= 0.6 is 0 Å². The normalized spacial score (nSPS) is 12.2. The summed E-state index contributed by atoms with van der Waals surface area (Å²) in [6.45, 7) is -0.426. The van der Waals surface area contributed by atoms with Crippen LogP contribution in [0.25, 0.3) is 28.2 Å². The summed E-state index contributed by atoms with van der Waals surface area (Å²) in [7, 11) is -3.37. The number of halogens is 3. The van der Waals surface area contributed by atoms with Crippen molar-refractivity contribution in [2.45, 2.75) is 17.7 Å². The molecule has 5 nitrogen and oxygen atoms in total. The zero-order chi connectivity index (χ0) is 23.8. The highest BCUT2D eigenvalue weighted by Crippen LogP contribution is 2.37. The summed E-state index contributed by atoms with van der Waals surface area (Å²) in [5.74, 6) is 0.0544. The summed E-state index contributed by atoms with van der Waals surface area (Å²) in [4.78, 5) is 4.41. The number of imidazole rings is 1. The molecule has 0 bridgehead atoms. The van der Waals surface area contributed by atoms with Crippen molar-refractivity contribution in [3.63, 3.8) is 0 Å². The molecular weight excluding hydrogens is 453 g/mol. The minimum Gasteiger partial charge on any atom is -0.390 e. The lowest BCUT2D eigenvalue weighted by molar-refractivity contribution is -0.137. The Hall–Kier alpha value is -3.43. The molecule has 0 aliphatic carbocycles. The number of nitrogens with zero attached hydrogens (tertiary/aromatic N) is 2. The molecule has 9 heteroatoms. The quantitative estimate of drug-likeness (QED) is 0.438. The summed E-state index contributed by atoms with van der Waals surface area (Å²) >= 11 is 0. The number of aliphatic hydroxyl groups excluding tert-OH is 1. The highest BCUT2D eigenvalue weighted by Gasteiger charge is 2.34. The predicted octanol–water partition coefficient (Wildman–Crippen LogP) is 5.12. The van der Waals surface area contributed by atoms with Crippen LogP contribution in [0.15, 0.2) is 83.9 Å². The largest absolute Gasteiger partial charge is 0.417 e. The van der Waals surface area contributed by atoms with Crippen LogP contribution in [-0.2, 0) is 22.6 Å². The highest BCUT2D eigenvalue weighted by atomic mass is 32.2. The van der Waals surface area contributed by atoms with Gasteiger partial charge in [0.05, 0.1) is 22.8 Å². The average molecular weight is 472 g/mol. The molecular formula is C24H19F3N2O3S. The zero-order valence-corrected chi connectivity index (χ0v) is 18.2. The molecule has 170 valence electrons. The van der Waals surface area contributed by atoms with Gasteiger partial charge in [0.2, 0.25) is 0 Å². The topological polar surface area (TPSA) is 72.2 Å². The van der Waals surface area contributed by atoms with Crippen LogP contribution < -0.4 is 0 Å². The summed E-state index contributed by atoms with van der Waals surface area (Å²) in [6.07, 6.45) is -1.95. The number of rotatable bonds is 5. The molecule has 0 unspecified atom stereocenters. The van der Waals surface area contributed by atoms with Crippen LogP contribution in [0.4, 0.5) is 13.2 Å². The fraction of sp³-hybridized carbons (Fsp3) is 0.125. The lowest BCUT2D eigenvalue weighted by atomic mass is 10.0. The SMILES string of the molecule is CS(=O)(=O)c1cccc(-c2ccc(-n3cc(CO)nc3-c3ccccc3C(F)(F)F)cc2)c1. The van der Waals surface area contributed by atoms with Crippen LogP contribution in [0.1, 0.15) is 11.3 Å². The van der Waals surface area contributed by atoms with Gasteiger partial charge in [0, 0.05) is 23.7 Å². The smallest absolute Gasteiger partial charge is 0.390 e. The van der Waals surface area contributed by atoms with E-state index in [1.54, 1.807) is 42.5 Å². The van der Waals surface area contributed by atoms with Crippen molar-refractivity contribution in [1.82, 2.24) is 9.55 Å². The van der Waals surface area contributed by atoms with Crippen LogP contribution in [-0.4, -0.2) is 29.3 Å². The van der Waals surface area contributed by atoms with E-state index in [1.807, 2.05) is 0 Å². The molecule has 0 saturated heterocycles. The van der Waals surface area contributed by atoms with Gasteiger partial charge < -0.3 is 5.11 Å². The van der Waals surface area contributed by atoms with Gasteiger partial charge in [-0.3, -0.25) is 4.57 Å². The van der Waals surface area contributed by atoms with Crippen molar-refractivity contribution >= 4 is 9.84 Å². The Morgan fingerprint density at radius 1 is 0.939 bits per heavy atom. The van der Waals surface area contributed by atoms with Crippen molar-refractivity contribution in [3.05, 3.63) is 90.3 Å². The van der Waals surface area contributed by atoms with Crippen LogP contribution in [0, 0.1) is 0 Å². The Balaban J connectivity index is 1.79. The van der Waals surface area contributed by atoms with E-state index >= 15 is 0 Å². The first-order valence-electron chi connectivity index (χ1n) is 9.84. The first kappa shape index (κ1) is 22.8. The van der Waals surface area contributed by atoms with Crippen molar-refractivity contribution in [2.75, 3.05) is 6.26 Å². The molecule has 0 radical (unpaired) electrons. The second-order valence-corrected chi connectivity index (χ2v) is 9.49. The maximum atomic E-state index is 13.6. The molecule has 0 spiro atoms. The number of hydrogen-bond donors (Lipinski definition) is 1. The number of aliphatic hydroxyl groups is 1. The molecule has 0 aliphatic heterocycles. The van der Waals surface area contributed by atoms with E-state index in [-0.39, 0.29) is 22.0 Å². The van der Waals surface area contributed by atoms with Gasteiger partial charge in [-0.1, -0.05) is 42.5 Å². The van der Waals surface area contributed by atoms with Crippen molar-refractivity contribution in [3.8, 4) is 28.2 Å². The minimum absolute atomic E-state index is 0.0544. The van der Waals surface area contributed by atoms with Crippen LogP contribution in [0.5, 0.6) is 0 Å². The molecule has 0 amide bonds. The average Bonchev–Trinajstić information content (AvgIpc) is 3.23. The van der Waals surface area contributed by atoms with Gasteiger partial charge in [0.15, 0.2) is 9.84 Å². The first-order valence-corrected chi connectivity index (χ1v) is 11.7. The van der Waals surface area contributed by atoms with Gasteiger partial charge in [0.1, 0.15) is 5.82 Å². The molecule has 4 aromatic rings. The standard InChI is InChI=1S/C24H19F3N2O3S/c1-33(31,32)20-6-4-5-17(13-20)16-9-11-19(12-10-16)29-14-18(15-30)28-23(29)21-7-2-3-8-22(21)24(25,26)27/h2-14,30H,15H2,1H3. The maximum Gasteiger partial charge on any atom is 0.417 e. The van der Waals surface area contributed by atoms with E-state index in [1.165, 1.54) is 35.0 Å². The Kier molecular flexibility index (Phi) is 5.85. The monoisotopic (exact) mass is 472 g/mol. The van der Waals surface area contributed by atoms with Gasteiger partial charge in [-0.2, -0.15) is 13.2 Å². The van der Waals surface area contributed by atoms with E-state index < -0.39 is 28.2 Å². The third-order valence-corrected chi connectivity index (χ3v) is 6.24. The van der Waals surface area contributed by atoms with Gasteiger partial charge >= 0.3 is 6.18 Å². The molecule has 0 fully saturated rings. The van der Waals surface area contributed by atoms with E-state index in [4.69, 9.17) is 0 Å². The van der Waals surface area contributed by atoms with Crippen LogP contribution in [0.2, 0.25) is 0 Å². The second-order valence-electron chi connectivity index (χ2n) is 7.47. The summed E-state index contributed by atoms with van der Waals surface area (Å²) < 4.78 is 65.9. The van der Waals surface area contributed by atoms with Gasteiger partial charge in [-0.25, -0.2) is 13.4 Å². The fourth-order valence-electron chi connectivity index (χ4n) is 3.54. The number of benzene rings is 3. The number of hydrogen-bond acceptors (Lipinski definition) is 4. The molecule has 1 heterocycles. The maximum absolute atomic E-state index is 13.6. The molecule has 0 saturated carbocycles. The molecule has 4 rings (SSSR count). The molecule has 1 aromatic heterocycles. The Morgan fingerprint density at radius 3 is 2.27 bits per heavy atom. The number of alkyl halides is 3. The van der Waals surface area contributed by atoms with E-state index in [0.717, 1.165) is 17.9 Å². The number of aromatic nitrogens is 2. The first-order chi connectivity index (χ1) is 15.6. The van der Waals surface area contributed by atoms with Crippen molar-refractivity contribution in [2.24, 2.45) is 0 Å². The van der Waals surface area contributed by atoms with Gasteiger partial charge in [0.25, 0.3) is 0 Å². The summed E-state index contributed by atoms with van der Waals surface area (Å²) in [6, 6.07) is 18.5. The minimum atomic E-state index is -4.57. The zero-order valence-electron chi connectivity index (χ0n) is 17.4. The van der Waals surface area contributed by atoms with Crippen LogP contribution in [0.3, 0.4) is 0 Å². The Labute approximate surface area is 188 Å². The summed E-state index contributed by atoms with van der Waals surface area (Å²) in [5, 5.41) is 9.54. The van der Waals surface area contributed by atoms with Crippen molar-refractivity contribution < 1.29 is 26.7 Å². The molecule has 1 N–H and O–H groups in total. The Morgan fingerprint density at radius 2 is 1.64 bits per heavy atom. The predicted molar refractivity (Wildman–Crippen MR) is 118 cm³/mol. The van der Waals surface area contributed by atoms with Gasteiger partial charge in [-0.15, -0.1) is 0 Å².